The van der Waals surface area contributed by atoms with Crippen LogP contribution in [0.15, 0.2) is 47.6 Å². The molecular weight excluding hydrogens is 483 g/mol. The lowest BCUT2D eigenvalue weighted by Gasteiger charge is -2.18. The first kappa shape index (κ1) is 25.2. The number of nitrogens with one attached hydrogen (secondary N) is 1. The quantitative estimate of drug-likeness (QED) is 0.332. The fourth-order valence-corrected chi connectivity index (χ4v) is 4.19. The minimum Gasteiger partial charge on any atom is -0.497 e. The fraction of sp³-hybridized carbons (Fsp3) is 0.348. The average molecular weight is 509 g/mol. The van der Waals surface area contributed by atoms with E-state index < -0.39 is 0 Å². The molecule has 0 aliphatic heterocycles. The van der Waals surface area contributed by atoms with Crippen LogP contribution in [0.2, 0.25) is 10.0 Å². The summed E-state index contributed by atoms with van der Waals surface area (Å²) >= 11 is 13.5. The molecule has 0 spiro atoms. The summed E-state index contributed by atoms with van der Waals surface area (Å²) in [6.45, 7) is 6.83. The number of carbonyl (C=O) groups excluding carboxylic acids is 1. The van der Waals surface area contributed by atoms with Crippen LogP contribution in [-0.2, 0) is 11.3 Å². The molecule has 1 aromatic heterocycles. The molecule has 1 amide bonds. The van der Waals surface area contributed by atoms with Gasteiger partial charge in [-0.1, -0.05) is 60.9 Å². The molecule has 0 saturated carbocycles. The fourth-order valence-electron chi connectivity index (χ4n) is 3.09. The average Bonchev–Trinajstić information content (AvgIpc) is 3.17. The van der Waals surface area contributed by atoms with E-state index >= 15 is 0 Å². The van der Waals surface area contributed by atoms with E-state index in [1.54, 1.807) is 25.3 Å². The molecule has 0 radical (unpaired) electrons. The highest BCUT2D eigenvalue weighted by molar-refractivity contribution is 7.99. The summed E-state index contributed by atoms with van der Waals surface area (Å²) < 4.78 is 13.4. The third-order valence-corrected chi connectivity index (χ3v) is 6.35. The van der Waals surface area contributed by atoms with Crippen LogP contribution < -0.4 is 14.8 Å². The van der Waals surface area contributed by atoms with E-state index in [-0.39, 0.29) is 17.8 Å². The predicted octanol–water partition coefficient (Wildman–Crippen LogP) is 6.12. The van der Waals surface area contributed by atoms with Gasteiger partial charge in [0.2, 0.25) is 5.91 Å². The standard InChI is InChI=1S/C23H26Cl2N4O3S/c1-14(2)12-29-22(15(3)32-17-8-5-7-16(11-17)31-4)27-28-23(29)33-13-20(30)26-19-10-6-9-18(24)21(19)25/h5-11,14-15H,12-13H2,1-4H3,(H,26,30). The third kappa shape index (κ3) is 6.79. The Morgan fingerprint density at radius 2 is 1.85 bits per heavy atom. The summed E-state index contributed by atoms with van der Waals surface area (Å²) in [6.07, 6.45) is -0.350. The number of rotatable bonds is 10. The summed E-state index contributed by atoms with van der Waals surface area (Å²) in [5.74, 6) is 2.35. The normalized spacial score (nSPS) is 12.0. The van der Waals surface area contributed by atoms with Crippen LogP contribution in [0, 0.1) is 5.92 Å². The number of hydrogen-bond donors (Lipinski definition) is 1. The second kappa shape index (κ2) is 11.6. The van der Waals surface area contributed by atoms with Gasteiger partial charge >= 0.3 is 0 Å². The maximum absolute atomic E-state index is 12.5. The highest BCUT2D eigenvalue weighted by atomic mass is 35.5. The van der Waals surface area contributed by atoms with Crippen LogP contribution in [0.3, 0.4) is 0 Å². The molecule has 33 heavy (non-hydrogen) atoms. The lowest BCUT2D eigenvalue weighted by molar-refractivity contribution is -0.113. The maximum Gasteiger partial charge on any atom is 0.234 e. The molecule has 1 N–H and O–H groups in total. The second-order valence-corrected chi connectivity index (χ2v) is 9.45. The van der Waals surface area contributed by atoms with Gasteiger partial charge in [0, 0.05) is 12.6 Å². The van der Waals surface area contributed by atoms with Gasteiger partial charge in [0.25, 0.3) is 0 Å². The number of benzene rings is 2. The maximum atomic E-state index is 12.5. The Bertz CT molecular complexity index is 1110. The van der Waals surface area contributed by atoms with E-state index in [0.29, 0.717) is 50.7 Å². The number of aromatic nitrogens is 3. The van der Waals surface area contributed by atoms with Gasteiger partial charge in [-0.15, -0.1) is 10.2 Å². The van der Waals surface area contributed by atoms with Gasteiger partial charge in [0.05, 0.1) is 28.6 Å². The predicted molar refractivity (Wildman–Crippen MR) is 133 cm³/mol. The second-order valence-electron chi connectivity index (χ2n) is 7.72. The van der Waals surface area contributed by atoms with Gasteiger partial charge in [-0.25, -0.2) is 0 Å². The van der Waals surface area contributed by atoms with Crippen molar-refractivity contribution >= 4 is 46.6 Å². The van der Waals surface area contributed by atoms with Crippen LogP contribution in [0.1, 0.15) is 32.7 Å². The van der Waals surface area contributed by atoms with Crippen molar-refractivity contribution in [3.05, 3.63) is 58.3 Å². The van der Waals surface area contributed by atoms with E-state index in [1.165, 1.54) is 11.8 Å². The first-order chi connectivity index (χ1) is 15.8. The number of methoxy groups -OCH3 is 1. The number of thioether (sulfide) groups is 1. The molecular formula is C23H26Cl2N4O3S. The summed E-state index contributed by atoms with van der Waals surface area (Å²) in [7, 11) is 1.61. The Kier molecular flexibility index (Phi) is 8.88. The van der Waals surface area contributed by atoms with E-state index in [2.05, 4.69) is 29.4 Å². The van der Waals surface area contributed by atoms with Crippen molar-refractivity contribution in [3.8, 4) is 11.5 Å². The van der Waals surface area contributed by atoms with Crippen molar-refractivity contribution in [1.29, 1.82) is 0 Å². The van der Waals surface area contributed by atoms with Gasteiger partial charge < -0.3 is 19.4 Å². The number of nitrogens with zero attached hydrogens (tertiary/aromatic N) is 3. The molecule has 3 rings (SSSR count). The lowest BCUT2D eigenvalue weighted by Crippen LogP contribution is -2.17. The Balaban J connectivity index is 1.71. The molecule has 176 valence electrons. The molecule has 2 aromatic carbocycles. The summed E-state index contributed by atoms with van der Waals surface area (Å²) in [6, 6.07) is 12.5. The molecule has 0 bridgehead atoms. The van der Waals surface area contributed by atoms with Crippen molar-refractivity contribution in [2.75, 3.05) is 18.2 Å². The molecule has 10 heteroatoms. The molecule has 3 aromatic rings. The number of halogens is 2. The minimum atomic E-state index is -0.350. The molecule has 1 heterocycles. The number of amides is 1. The van der Waals surface area contributed by atoms with Crippen molar-refractivity contribution in [1.82, 2.24) is 14.8 Å². The van der Waals surface area contributed by atoms with Gasteiger partial charge in [-0.05, 0) is 37.1 Å². The molecule has 0 aliphatic carbocycles. The van der Waals surface area contributed by atoms with Crippen molar-refractivity contribution < 1.29 is 14.3 Å². The largest absolute Gasteiger partial charge is 0.497 e. The molecule has 1 unspecified atom stereocenters. The van der Waals surface area contributed by atoms with Gasteiger partial charge in [0.15, 0.2) is 17.1 Å². The van der Waals surface area contributed by atoms with Crippen LogP contribution in [0.4, 0.5) is 5.69 Å². The minimum absolute atomic E-state index is 0.143. The Morgan fingerprint density at radius 1 is 1.12 bits per heavy atom. The van der Waals surface area contributed by atoms with Gasteiger partial charge in [0.1, 0.15) is 11.5 Å². The molecule has 0 saturated heterocycles. The first-order valence-electron chi connectivity index (χ1n) is 10.4. The van der Waals surface area contributed by atoms with Gasteiger partial charge in [-0.3, -0.25) is 4.79 Å². The molecule has 0 aliphatic rings. The summed E-state index contributed by atoms with van der Waals surface area (Å²) in [4.78, 5) is 12.5. The molecule has 7 nitrogen and oxygen atoms in total. The van der Waals surface area contributed by atoms with E-state index in [1.807, 2.05) is 35.8 Å². The van der Waals surface area contributed by atoms with Crippen LogP contribution in [-0.4, -0.2) is 33.5 Å². The van der Waals surface area contributed by atoms with E-state index in [4.69, 9.17) is 32.7 Å². The van der Waals surface area contributed by atoms with Crippen LogP contribution in [0.25, 0.3) is 0 Å². The third-order valence-electron chi connectivity index (χ3n) is 4.57. The highest BCUT2D eigenvalue weighted by Crippen LogP contribution is 2.30. The van der Waals surface area contributed by atoms with Crippen molar-refractivity contribution in [2.45, 2.75) is 38.6 Å². The molecule has 1 atom stereocenters. The van der Waals surface area contributed by atoms with E-state index in [0.717, 1.165) is 0 Å². The van der Waals surface area contributed by atoms with Crippen molar-refractivity contribution in [2.24, 2.45) is 5.92 Å². The zero-order valence-corrected chi connectivity index (χ0v) is 21.2. The SMILES string of the molecule is COc1cccc(OC(C)c2nnc(SCC(=O)Nc3cccc(Cl)c3Cl)n2CC(C)C)c1. The van der Waals surface area contributed by atoms with Crippen LogP contribution in [0.5, 0.6) is 11.5 Å². The van der Waals surface area contributed by atoms with Crippen molar-refractivity contribution in [3.63, 3.8) is 0 Å². The first-order valence-corrected chi connectivity index (χ1v) is 12.1. The Labute approximate surface area is 207 Å². The summed E-state index contributed by atoms with van der Waals surface area (Å²) in [5.41, 5.74) is 0.472. The monoisotopic (exact) mass is 508 g/mol. The Hall–Kier alpha value is -2.42. The lowest BCUT2D eigenvalue weighted by atomic mass is 10.2. The number of hydrogen-bond acceptors (Lipinski definition) is 6. The number of anilines is 1. The molecule has 0 fully saturated rings. The van der Waals surface area contributed by atoms with E-state index in [9.17, 15) is 4.79 Å². The number of carbonyl (C=O) groups is 1. The topological polar surface area (TPSA) is 78.3 Å². The number of ether oxygens (including phenoxy) is 2. The Morgan fingerprint density at radius 3 is 2.58 bits per heavy atom. The van der Waals surface area contributed by atoms with Crippen LogP contribution >= 0.6 is 35.0 Å². The van der Waals surface area contributed by atoms with Gasteiger partial charge in [-0.2, -0.15) is 0 Å². The zero-order valence-electron chi connectivity index (χ0n) is 18.8. The smallest absolute Gasteiger partial charge is 0.234 e. The summed E-state index contributed by atoms with van der Waals surface area (Å²) in [5, 5.41) is 12.8. The zero-order chi connectivity index (χ0) is 24.0. The highest BCUT2D eigenvalue weighted by Gasteiger charge is 2.21.